The number of aromatic nitrogens is 4. The number of benzene rings is 1. The van der Waals surface area contributed by atoms with Crippen molar-refractivity contribution in [3.63, 3.8) is 0 Å². The van der Waals surface area contributed by atoms with Crippen LogP contribution in [0, 0.1) is 5.92 Å². The fraction of sp³-hybridized carbons (Fsp3) is 0.429. The number of nitrogen functional groups attached to an aromatic ring is 1. The van der Waals surface area contributed by atoms with Gasteiger partial charge in [0.2, 0.25) is 11.9 Å². The Bertz CT molecular complexity index is 1050. The summed E-state index contributed by atoms with van der Waals surface area (Å²) < 4.78 is 1.77. The van der Waals surface area contributed by atoms with E-state index >= 15 is 0 Å². The van der Waals surface area contributed by atoms with Crippen molar-refractivity contribution in [1.29, 1.82) is 0 Å². The molecule has 3 aromatic rings. The molecular formula is C21H27N7O. The normalized spacial score (nSPS) is 19.9. The maximum absolute atomic E-state index is 12.9. The number of carbonyl (C=O) groups excluding carboxylic acids is 1. The van der Waals surface area contributed by atoms with Crippen molar-refractivity contribution >= 4 is 28.6 Å². The van der Waals surface area contributed by atoms with Crippen molar-refractivity contribution in [2.24, 2.45) is 13.0 Å². The predicted octanol–water partition coefficient (Wildman–Crippen LogP) is 2.75. The molecule has 152 valence electrons. The monoisotopic (exact) mass is 393 g/mol. The van der Waals surface area contributed by atoms with Crippen LogP contribution in [-0.4, -0.2) is 42.6 Å². The summed E-state index contributed by atoms with van der Waals surface area (Å²) in [5.41, 5.74) is 7.65. The lowest BCUT2D eigenvalue weighted by Gasteiger charge is -2.38. The molecule has 0 saturated carbocycles. The third kappa shape index (κ3) is 3.62. The number of carbonyl (C=O) groups is 1. The number of anilines is 2. The molecule has 4 rings (SSSR count). The van der Waals surface area contributed by atoms with Crippen LogP contribution >= 0.6 is 0 Å². The Balaban J connectivity index is 1.61. The van der Waals surface area contributed by atoms with E-state index in [0.29, 0.717) is 24.7 Å². The number of rotatable bonds is 4. The minimum Gasteiger partial charge on any atom is -0.383 e. The molecule has 1 amide bonds. The molecule has 0 radical (unpaired) electrons. The van der Waals surface area contributed by atoms with E-state index in [2.05, 4.69) is 41.2 Å². The zero-order valence-corrected chi connectivity index (χ0v) is 17.3. The lowest BCUT2D eigenvalue weighted by atomic mass is 9.93. The Labute approximate surface area is 170 Å². The Morgan fingerprint density at radius 3 is 2.69 bits per heavy atom. The van der Waals surface area contributed by atoms with Gasteiger partial charge in [0.05, 0.1) is 17.8 Å². The van der Waals surface area contributed by atoms with E-state index in [1.165, 1.54) is 0 Å². The molecule has 8 nitrogen and oxygen atoms in total. The standard InChI is InChI=1S/C21H27N7O/c1-21(2,3)28-17(29)9-13(18(28)14-11-24-27(4)12-14)10-23-20-25-16-8-6-5-7-15(16)19(22)26-20/h5-8,11-13,18H,9-10H2,1-4H3,(H3,22,23,25,26)/t13-,18+/m0/s1. The van der Waals surface area contributed by atoms with Crippen LogP contribution < -0.4 is 11.1 Å². The zero-order valence-electron chi connectivity index (χ0n) is 17.3. The summed E-state index contributed by atoms with van der Waals surface area (Å²) in [6.45, 7) is 6.77. The van der Waals surface area contributed by atoms with Gasteiger partial charge in [-0.15, -0.1) is 0 Å². The maximum Gasteiger partial charge on any atom is 0.225 e. The van der Waals surface area contributed by atoms with Crippen LogP contribution in [-0.2, 0) is 11.8 Å². The van der Waals surface area contributed by atoms with Gasteiger partial charge in [-0.1, -0.05) is 12.1 Å². The summed E-state index contributed by atoms with van der Waals surface area (Å²) >= 11 is 0. The second kappa shape index (κ2) is 7.02. The molecule has 1 fully saturated rings. The minimum absolute atomic E-state index is 0.0542. The van der Waals surface area contributed by atoms with Crippen molar-refractivity contribution in [2.75, 3.05) is 17.6 Å². The molecular weight excluding hydrogens is 366 g/mol. The fourth-order valence-corrected chi connectivity index (χ4v) is 4.19. The van der Waals surface area contributed by atoms with Gasteiger partial charge < -0.3 is 16.0 Å². The summed E-state index contributed by atoms with van der Waals surface area (Å²) in [5.74, 6) is 1.15. The highest BCUT2D eigenvalue weighted by Gasteiger charge is 2.45. The van der Waals surface area contributed by atoms with Gasteiger partial charge in [0, 0.05) is 48.6 Å². The quantitative estimate of drug-likeness (QED) is 0.707. The van der Waals surface area contributed by atoms with Crippen molar-refractivity contribution < 1.29 is 4.79 Å². The molecule has 2 aromatic heterocycles. The molecule has 2 atom stereocenters. The van der Waals surface area contributed by atoms with E-state index in [9.17, 15) is 4.79 Å². The first kappa shape index (κ1) is 19.2. The molecule has 3 N–H and O–H groups in total. The number of amides is 1. The average Bonchev–Trinajstić information content (AvgIpc) is 3.22. The van der Waals surface area contributed by atoms with Crippen LogP contribution in [0.2, 0.25) is 0 Å². The minimum atomic E-state index is -0.282. The molecule has 0 unspecified atom stereocenters. The van der Waals surface area contributed by atoms with Gasteiger partial charge >= 0.3 is 0 Å². The zero-order chi connectivity index (χ0) is 20.8. The first-order valence-corrected chi connectivity index (χ1v) is 9.81. The second-order valence-corrected chi connectivity index (χ2v) is 8.62. The largest absolute Gasteiger partial charge is 0.383 e. The summed E-state index contributed by atoms with van der Waals surface area (Å²) in [5, 5.41) is 8.46. The van der Waals surface area contributed by atoms with Gasteiger partial charge in [-0.2, -0.15) is 10.1 Å². The first-order chi connectivity index (χ1) is 13.7. The Morgan fingerprint density at radius 2 is 2.00 bits per heavy atom. The number of nitrogens with two attached hydrogens (primary N) is 1. The summed E-state index contributed by atoms with van der Waals surface area (Å²) in [7, 11) is 1.89. The number of nitrogens with zero attached hydrogens (tertiary/aromatic N) is 5. The molecule has 8 heteroatoms. The maximum atomic E-state index is 12.9. The lowest BCUT2D eigenvalue weighted by Crippen LogP contribution is -2.44. The third-order valence-corrected chi connectivity index (χ3v) is 5.37. The van der Waals surface area contributed by atoms with E-state index in [-0.39, 0.29) is 23.4 Å². The molecule has 3 heterocycles. The van der Waals surface area contributed by atoms with E-state index in [1.54, 1.807) is 4.68 Å². The SMILES string of the molecule is Cn1cc([C@H]2[C@H](CNc3nc(N)c4ccccc4n3)CC(=O)N2C(C)(C)C)cn1. The van der Waals surface area contributed by atoms with Gasteiger partial charge in [-0.05, 0) is 32.9 Å². The van der Waals surface area contributed by atoms with E-state index < -0.39 is 0 Å². The van der Waals surface area contributed by atoms with E-state index in [4.69, 9.17) is 5.73 Å². The predicted molar refractivity (Wildman–Crippen MR) is 113 cm³/mol. The van der Waals surface area contributed by atoms with Crippen LogP contribution in [0.5, 0.6) is 0 Å². The lowest BCUT2D eigenvalue weighted by molar-refractivity contribution is -0.133. The topological polar surface area (TPSA) is 102 Å². The van der Waals surface area contributed by atoms with Crippen molar-refractivity contribution in [3.8, 4) is 0 Å². The van der Waals surface area contributed by atoms with Crippen LogP contribution in [0.15, 0.2) is 36.7 Å². The van der Waals surface area contributed by atoms with Crippen molar-refractivity contribution in [1.82, 2.24) is 24.6 Å². The molecule has 0 spiro atoms. The summed E-state index contributed by atoms with van der Waals surface area (Å²) in [6, 6.07) is 7.61. The molecule has 1 aliphatic rings. The number of likely N-dealkylation sites (tertiary alicyclic amines) is 1. The highest BCUT2D eigenvalue weighted by atomic mass is 16.2. The number of para-hydroxylation sites is 1. The molecule has 1 aliphatic heterocycles. The van der Waals surface area contributed by atoms with Crippen LogP contribution in [0.4, 0.5) is 11.8 Å². The number of nitrogens with one attached hydrogen (secondary N) is 1. The Hall–Kier alpha value is -3.16. The molecule has 0 bridgehead atoms. The smallest absolute Gasteiger partial charge is 0.225 e. The van der Waals surface area contributed by atoms with Crippen LogP contribution in [0.3, 0.4) is 0 Å². The summed E-state index contributed by atoms with van der Waals surface area (Å²) in [4.78, 5) is 23.8. The van der Waals surface area contributed by atoms with Crippen LogP contribution in [0.1, 0.15) is 38.8 Å². The highest BCUT2D eigenvalue weighted by molar-refractivity contribution is 5.88. The molecule has 29 heavy (non-hydrogen) atoms. The van der Waals surface area contributed by atoms with Gasteiger partial charge in [-0.3, -0.25) is 9.48 Å². The van der Waals surface area contributed by atoms with E-state index in [1.807, 2.05) is 48.6 Å². The van der Waals surface area contributed by atoms with Crippen molar-refractivity contribution in [3.05, 3.63) is 42.2 Å². The Morgan fingerprint density at radius 1 is 1.24 bits per heavy atom. The fourth-order valence-electron chi connectivity index (χ4n) is 4.19. The van der Waals surface area contributed by atoms with E-state index in [0.717, 1.165) is 16.5 Å². The van der Waals surface area contributed by atoms with Gasteiger partial charge in [0.25, 0.3) is 0 Å². The highest BCUT2D eigenvalue weighted by Crippen LogP contribution is 2.42. The number of hydrogen-bond acceptors (Lipinski definition) is 6. The Kier molecular flexibility index (Phi) is 4.64. The number of fused-ring (bicyclic) bond motifs is 1. The first-order valence-electron chi connectivity index (χ1n) is 9.81. The van der Waals surface area contributed by atoms with Gasteiger partial charge in [0.1, 0.15) is 5.82 Å². The third-order valence-electron chi connectivity index (χ3n) is 5.37. The second-order valence-electron chi connectivity index (χ2n) is 8.62. The molecule has 1 aromatic carbocycles. The summed E-state index contributed by atoms with van der Waals surface area (Å²) in [6.07, 6.45) is 4.30. The van der Waals surface area contributed by atoms with Crippen molar-refractivity contribution in [2.45, 2.75) is 38.8 Å². The average molecular weight is 393 g/mol. The number of aryl methyl sites for hydroxylation is 1. The van der Waals surface area contributed by atoms with Gasteiger partial charge in [-0.25, -0.2) is 4.98 Å². The van der Waals surface area contributed by atoms with Gasteiger partial charge in [0.15, 0.2) is 0 Å². The van der Waals surface area contributed by atoms with Crippen LogP contribution in [0.25, 0.3) is 10.9 Å². The number of hydrogen-bond donors (Lipinski definition) is 2. The molecule has 1 saturated heterocycles. The molecule has 0 aliphatic carbocycles.